The van der Waals surface area contributed by atoms with Gasteiger partial charge < -0.3 is 19.1 Å². The van der Waals surface area contributed by atoms with Crippen molar-refractivity contribution >= 4 is 21.8 Å². The second-order valence-electron chi connectivity index (χ2n) is 10.3. The Kier molecular flexibility index (Phi) is 4.16. The Balaban J connectivity index is 1.95. The van der Waals surface area contributed by atoms with Gasteiger partial charge in [-0.1, -0.05) is 60.0 Å². The number of hydrogen-bond donors (Lipinski definition) is 1. The zero-order chi connectivity index (χ0) is 22.0. The topological polar surface area (TPSA) is 51.4 Å². The highest BCUT2D eigenvalue weighted by Crippen LogP contribution is 2.39. The molecule has 3 heterocycles. The molecule has 0 bridgehead atoms. The van der Waals surface area contributed by atoms with Crippen molar-refractivity contribution < 1.29 is 0 Å². The highest BCUT2D eigenvalue weighted by molar-refractivity contribution is 6.12. The van der Waals surface area contributed by atoms with E-state index in [4.69, 9.17) is 0 Å². The quantitative estimate of drug-likeness (QED) is 0.358. The van der Waals surface area contributed by atoms with E-state index in [1.807, 2.05) is 29.5 Å². The van der Waals surface area contributed by atoms with E-state index in [0.717, 1.165) is 22.4 Å². The van der Waals surface area contributed by atoms with Gasteiger partial charge in [0, 0.05) is 35.0 Å². The highest BCUT2D eigenvalue weighted by atomic mass is 15.1. The van der Waals surface area contributed by atoms with E-state index in [9.17, 15) is 0 Å². The van der Waals surface area contributed by atoms with Gasteiger partial charge in [-0.3, -0.25) is 0 Å². The molecule has 0 aliphatic rings. The second kappa shape index (κ2) is 6.58. The predicted octanol–water partition coefficient (Wildman–Crippen LogP) is 6.09. The lowest BCUT2D eigenvalue weighted by Gasteiger charge is -2.23. The highest BCUT2D eigenvalue weighted by Gasteiger charge is 2.21. The fraction of sp³-hybridized carbons (Fsp3) is 0.308. The molecule has 158 valence electrons. The lowest BCUT2D eigenvalue weighted by molar-refractivity contribution is 0.590. The van der Waals surface area contributed by atoms with E-state index < -0.39 is 0 Å². The molecular weight excluding hydrogens is 382 g/mol. The van der Waals surface area contributed by atoms with Crippen LogP contribution in [-0.4, -0.2) is 24.1 Å². The Morgan fingerprint density at radius 3 is 1.90 bits per heavy atom. The molecule has 5 nitrogen and oxygen atoms in total. The SMILES string of the molecule is CC(C)(C)c1cc(-n2[c-]ncc2)c2[nH]c3c(-n4ccnc4)cc(C(C)(C)C)cc3c2c1. The third-order valence-corrected chi connectivity index (χ3v) is 6.01. The summed E-state index contributed by atoms with van der Waals surface area (Å²) < 4.78 is 4.05. The first-order valence-corrected chi connectivity index (χ1v) is 10.7. The van der Waals surface area contributed by atoms with Crippen molar-refractivity contribution in [3.8, 4) is 11.4 Å². The average molecular weight is 411 g/mol. The molecule has 0 radical (unpaired) electrons. The van der Waals surface area contributed by atoms with Crippen LogP contribution in [0.1, 0.15) is 52.7 Å². The predicted molar refractivity (Wildman–Crippen MR) is 126 cm³/mol. The van der Waals surface area contributed by atoms with E-state index in [2.05, 4.69) is 91.7 Å². The summed E-state index contributed by atoms with van der Waals surface area (Å²) in [6.45, 7) is 13.5. The van der Waals surface area contributed by atoms with Crippen LogP contribution in [0.25, 0.3) is 33.2 Å². The minimum absolute atomic E-state index is 0.0158. The fourth-order valence-corrected chi connectivity index (χ4v) is 4.09. The largest absolute Gasteiger partial charge is 0.432 e. The van der Waals surface area contributed by atoms with Crippen LogP contribution in [0.15, 0.2) is 55.4 Å². The van der Waals surface area contributed by atoms with Gasteiger partial charge in [-0.15, -0.1) is 0 Å². The van der Waals surface area contributed by atoms with Gasteiger partial charge in [0.2, 0.25) is 0 Å². The standard InChI is InChI=1S/C26H28N5/c1-25(2,3)17-11-19-20-12-18(26(4,5)6)14-22(31-10-8-28-16-31)24(20)29-23(19)21(13-17)30-9-7-27-15-30/h7-15,29H,1-6H3/q-1. The van der Waals surface area contributed by atoms with Crippen molar-refractivity contribution in [1.29, 1.82) is 0 Å². The first kappa shape index (κ1) is 19.6. The molecule has 31 heavy (non-hydrogen) atoms. The van der Waals surface area contributed by atoms with Gasteiger partial charge in [0.1, 0.15) is 0 Å². The van der Waals surface area contributed by atoms with E-state index >= 15 is 0 Å². The molecule has 0 saturated carbocycles. The minimum Gasteiger partial charge on any atom is -0.432 e. The molecule has 3 aromatic heterocycles. The molecule has 0 saturated heterocycles. The monoisotopic (exact) mass is 410 g/mol. The molecule has 1 N–H and O–H groups in total. The van der Waals surface area contributed by atoms with Crippen LogP contribution in [0.3, 0.4) is 0 Å². The summed E-state index contributed by atoms with van der Waals surface area (Å²) in [7, 11) is 0. The summed E-state index contributed by atoms with van der Waals surface area (Å²) in [6, 6.07) is 9.19. The number of benzene rings is 2. The van der Waals surface area contributed by atoms with Crippen molar-refractivity contribution in [2.24, 2.45) is 0 Å². The van der Waals surface area contributed by atoms with Gasteiger partial charge in [-0.05, 0) is 45.8 Å². The molecule has 0 atom stereocenters. The lowest BCUT2D eigenvalue weighted by Crippen LogP contribution is -2.12. The van der Waals surface area contributed by atoms with Gasteiger partial charge in [0.15, 0.2) is 0 Å². The molecule has 5 aromatic rings. The van der Waals surface area contributed by atoms with Gasteiger partial charge in [0.05, 0.1) is 17.5 Å². The zero-order valence-corrected chi connectivity index (χ0v) is 19.0. The summed E-state index contributed by atoms with van der Waals surface area (Å²) in [5.41, 5.74) is 6.97. The Hall–Kier alpha value is -3.34. The first-order valence-electron chi connectivity index (χ1n) is 10.7. The van der Waals surface area contributed by atoms with E-state index in [1.165, 1.54) is 21.9 Å². The van der Waals surface area contributed by atoms with Crippen LogP contribution >= 0.6 is 0 Å². The summed E-state index contributed by atoms with van der Waals surface area (Å²) in [5.74, 6) is 0. The number of H-pyrrole nitrogens is 1. The number of imidazole rings is 2. The Morgan fingerprint density at radius 2 is 1.39 bits per heavy atom. The smallest absolute Gasteiger partial charge is 0.0992 e. The third-order valence-electron chi connectivity index (χ3n) is 6.01. The number of nitrogens with zero attached hydrogens (tertiary/aromatic N) is 4. The van der Waals surface area contributed by atoms with Crippen LogP contribution in [0, 0.1) is 6.33 Å². The number of nitrogens with one attached hydrogen (secondary N) is 1. The van der Waals surface area contributed by atoms with Crippen molar-refractivity contribution in [2.45, 2.75) is 52.4 Å². The van der Waals surface area contributed by atoms with E-state index in [0.29, 0.717) is 0 Å². The molecule has 0 unspecified atom stereocenters. The molecular formula is C26H28N5-. The number of rotatable bonds is 2. The maximum absolute atomic E-state index is 4.29. The van der Waals surface area contributed by atoms with Crippen molar-refractivity contribution in [1.82, 2.24) is 24.1 Å². The van der Waals surface area contributed by atoms with Crippen molar-refractivity contribution in [3.63, 3.8) is 0 Å². The maximum atomic E-state index is 4.29. The molecule has 5 rings (SSSR count). The average Bonchev–Trinajstić information content (AvgIpc) is 3.44. The van der Waals surface area contributed by atoms with Gasteiger partial charge in [-0.25, -0.2) is 4.98 Å². The number of aromatic nitrogens is 5. The summed E-state index contributed by atoms with van der Waals surface area (Å²) in [6.07, 6.45) is 12.5. The molecule has 0 aliphatic heterocycles. The maximum Gasteiger partial charge on any atom is 0.0992 e. The number of aromatic amines is 1. The van der Waals surface area contributed by atoms with Crippen LogP contribution in [0.2, 0.25) is 0 Å². The molecule has 0 spiro atoms. The molecule has 0 amide bonds. The molecule has 2 aromatic carbocycles. The third kappa shape index (κ3) is 3.25. The Bertz CT molecular complexity index is 1270. The van der Waals surface area contributed by atoms with Crippen molar-refractivity contribution in [2.75, 3.05) is 0 Å². The summed E-state index contributed by atoms with van der Waals surface area (Å²) >= 11 is 0. The minimum atomic E-state index is 0.0158. The van der Waals surface area contributed by atoms with E-state index in [1.54, 1.807) is 6.20 Å². The number of fused-ring (bicyclic) bond motifs is 3. The van der Waals surface area contributed by atoms with Crippen molar-refractivity contribution in [3.05, 3.63) is 72.8 Å². The Labute approximate surface area is 182 Å². The van der Waals surface area contributed by atoms with Crippen LogP contribution in [0.4, 0.5) is 0 Å². The Morgan fingerprint density at radius 1 is 0.774 bits per heavy atom. The van der Waals surface area contributed by atoms with Crippen LogP contribution in [0.5, 0.6) is 0 Å². The van der Waals surface area contributed by atoms with Gasteiger partial charge in [-0.2, -0.15) is 0 Å². The van der Waals surface area contributed by atoms with Gasteiger partial charge in [0.25, 0.3) is 0 Å². The van der Waals surface area contributed by atoms with Crippen LogP contribution in [-0.2, 0) is 10.8 Å². The van der Waals surface area contributed by atoms with E-state index in [-0.39, 0.29) is 10.8 Å². The van der Waals surface area contributed by atoms with Gasteiger partial charge >= 0.3 is 0 Å². The first-order chi connectivity index (χ1) is 14.6. The number of hydrogen-bond acceptors (Lipinski definition) is 2. The zero-order valence-electron chi connectivity index (χ0n) is 19.0. The van der Waals surface area contributed by atoms with Crippen LogP contribution < -0.4 is 0 Å². The second-order valence-corrected chi connectivity index (χ2v) is 10.3. The normalized spacial score (nSPS) is 12.8. The lowest BCUT2D eigenvalue weighted by atomic mass is 9.84. The summed E-state index contributed by atoms with van der Waals surface area (Å²) in [4.78, 5) is 12.2. The molecule has 5 heteroatoms. The summed E-state index contributed by atoms with van der Waals surface area (Å²) in [5, 5.41) is 2.44. The molecule has 0 aliphatic carbocycles. The fourth-order valence-electron chi connectivity index (χ4n) is 4.09. The molecule has 0 fully saturated rings.